The van der Waals surface area contributed by atoms with E-state index in [1.54, 1.807) is 24.4 Å². The van der Waals surface area contributed by atoms with Gasteiger partial charge >= 0.3 is 0 Å². The Hall–Kier alpha value is -2.04. The van der Waals surface area contributed by atoms with Gasteiger partial charge in [0.25, 0.3) is 6.43 Å². The predicted molar refractivity (Wildman–Crippen MR) is 66.6 cm³/mol. The lowest BCUT2D eigenvalue weighted by atomic mass is 10.1. The maximum atomic E-state index is 12.4. The monoisotopic (exact) mass is 249 g/mol. The molecule has 5 heteroatoms. The molecule has 0 unspecified atom stereocenters. The van der Waals surface area contributed by atoms with Crippen LogP contribution in [0.15, 0.2) is 36.5 Å². The van der Waals surface area contributed by atoms with E-state index < -0.39 is 6.43 Å². The molecule has 0 aliphatic heterocycles. The predicted octanol–water partition coefficient (Wildman–Crippen LogP) is 3.51. The van der Waals surface area contributed by atoms with E-state index in [2.05, 4.69) is 15.3 Å². The van der Waals surface area contributed by atoms with E-state index in [-0.39, 0.29) is 5.56 Å². The molecule has 0 aliphatic carbocycles. The Kier molecular flexibility index (Phi) is 3.82. The van der Waals surface area contributed by atoms with Crippen molar-refractivity contribution in [3.8, 4) is 11.4 Å². The van der Waals surface area contributed by atoms with E-state index in [9.17, 15) is 8.78 Å². The van der Waals surface area contributed by atoms with Crippen LogP contribution in [0.1, 0.15) is 18.9 Å². The number of halogens is 2. The Morgan fingerprint density at radius 3 is 2.50 bits per heavy atom. The molecule has 1 aromatic carbocycles. The normalized spacial score (nSPS) is 10.7. The van der Waals surface area contributed by atoms with Crippen LogP contribution < -0.4 is 5.32 Å². The molecule has 0 amide bonds. The summed E-state index contributed by atoms with van der Waals surface area (Å²) in [6.45, 7) is 2.74. The Labute approximate surface area is 104 Å². The highest BCUT2D eigenvalue weighted by atomic mass is 19.3. The lowest BCUT2D eigenvalue weighted by molar-refractivity contribution is 0.151. The molecule has 3 nitrogen and oxygen atoms in total. The van der Waals surface area contributed by atoms with Crippen molar-refractivity contribution in [3.05, 3.63) is 42.1 Å². The van der Waals surface area contributed by atoms with Crippen molar-refractivity contribution < 1.29 is 8.78 Å². The van der Waals surface area contributed by atoms with Crippen LogP contribution in [0.4, 0.5) is 14.6 Å². The van der Waals surface area contributed by atoms with Crippen molar-refractivity contribution >= 4 is 5.82 Å². The van der Waals surface area contributed by atoms with E-state index in [0.717, 1.165) is 17.9 Å². The fraction of sp³-hybridized carbons (Fsp3) is 0.231. The van der Waals surface area contributed by atoms with Gasteiger partial charge < -0.3 is 5.32 Å². The minimum Gasteiger partial charge on any atom is -0.370 e. The number of hydrogen-bond acceptors (Lipinski definition) is 3. The Balaban J connectivity index is 2.27. The molecule has 94 valence electrons. The minimum atomic E-state index is -2.45. The smallest absolute Gasteiger partial charge is 0.263 e. The summed E-state index contributed by atoms with van der Waals surface area (Å²) in [6, 6.07) is 7.76. The second-order valence-corrected chi connectivity index (χ2v) is 3.72. The highest BCUT2D eigenvalue weighted by molar-refractivity contribution is 5.57. The number of alkyl halides is 2. The van der Waals surface area contributed by atoms with Gasteiger partial charge in [-0.25, -0.2) is 18.7 Å². The van der Waals surface area contributed by atoms with Crippen LogP contribution in [0, 0.1) is 0 Å². The van der Waals surface area contributed by atoms with Gasteiger partial charge in [0.1, 0.15) is 5.82 Å². The molecular weight excluding hydrogens is 236 g/mol. The fourth-order valence-electron chi connectivity index (χ4n) is 1.56. The van der Waals surface area contributed by atoms with Crippen LogP contribution in [-0.2, 0) is 0 Å². The largest absolute Gasteiger partial charge is 0.370 e. The number of anilines is 1. The summed E-state index contributed by atoms with van der Waals surface area (Å²) < 4.78 is 24.8. The van der Waals surface area contributed by atoms with Gasteiger partial charge in [-0.05, 0) is 13.0 Å². The van der Waals surface area contributed by atoms with Crippen molar-refractivity contribution in [1.29, 1.82) is 0 Å². The van der Waals surface area contributed by atoms with E-state index in [4.69, 9.17) is 0 Å². The van der Waals surface area contributed by atoms with Crippen LogP contribution in [0.2, 0.25) is 0 Å². The topological polar surface area (TPSA) is 37.8 Å². The maximum Gasteiger partial charge on any atom is 0.263 e. The summed E-state index contributed by atoms with van der Waals surface area (Å²) in [5.41, 5.74) is 0.723. The standard InChI is InChI=1S/C13H13F2N3/c1-2-16-11-7-8-17-13(18-11)10-5-3-9(4-6-10)12(14)15/h3-8,12H,2H2,1H3,(H,16,17,18). The van der Waals surface area contributed by atoms with Crippen molar-refractivity contribution in [2.75, 3.05) is 11.9 Å². The number of aromatic nitrogens is 2. The first-order valence-electron chi connectivity index (χ1n) is 5.66. The van der Waals surface area contributed by atoms with Gasteiger partial charge in [-0.15, -0.1) is 0 Å². The van der Waals surface area contributed by atoms with Gasteiger partial charge in [0.15, 0.2) is 5.82 Å². The van der Waals surface area contributed by atoms with Crippen molar-refractivity contribution in [2.45, 2.75) is 13.3 Å². The lowest BCUT2D eigenvalue weighted by Crippen LogP contribution is -2.00. The van der Waals surface area contributed by atoms with Gasteiger partial charge in [0, 0.05) is 23.9 Å². The first kappa shape index (κ1) is 12.4. The first-order chi connectivity index (χ1) is 8.70. The van der Waals surface area contributed by atoms with Crippen molar-refractivity contribution in [3.63, 3.8) is 0 Å². The molecule has 2 aromatic rings. The minimum absolute atomic E-state index is 0.00147. The van der Waals surface area contributed by atoms with Gasteiger partial charge in [0.05, 0.1) is 0 Å². The van der Waals surface area contributed by atoms with E-state index in [1.165, 1.54) is 12.1 Å². The number of hydrogen-bond donors (Lipinski definition) is 1. The van der Waals surface area contributed by atoms with Crippen LogP contribution in [-0.4, -0.2) is 16.5 Å². The Morgan fingerprint density at radius 1 is 1.17 bits per heavy atom. The molecule has 0 fully saturated rings. The third kappa shape index (κ3) is 2.80. The number of benzene rings is 1. The zero-order chi connectivity index (χ0) is 13.0. The zero-order valence-electron chi connectivity index (χ0n) is 9.90. The highest BCUT2D eigenvalue weighted by Gasteiger charge is 2.07. The molecule has 0 spiro atoms. The molecule has 18 heavy (non-hydrogen) atoms. The summed E-state index contributed by atoms with van der Waals surface area (Å²) in [4.78, 5) is 8.43. The summed E-state index contributed by atoms with van der Waals surface area (Å²) in [5, 5.41) is 3.08. The molecular formula is C13H13F2N3. The van der Waals surface area contributed by atoms with Gasteiger partial charge in [0.2, 0.25) is 0 Å². The third-order valence-corrected chi connectivity index (χ3v) is 2.43. The summed E-state index contributed by atoms with van der Waals surface area (Å²) in [5.74, 6) is 1.25. The lowest BCUT2D eigenvalue weighted by Gasteiger charge is -2.05. The highest BCUT2D eigenvalue weighted by Crippen LogP contribution is 2.22. The molecule has 0 saturated heterocycles. The Bertz CT molecular complexity index is 512. The van der Waals surface area contributed by atoms with Gasteiger partial charge in [-0.1, -0.05) is 24.3 Å². The van der Waals surface area contributed by atoms with Crippen LogP contribution in [0.5, 0.6) is 0 Å². The average molecular weight is 249 g/mol. The number of rotatable bonds is 4. The van der Waals surface area contributed by atoms with Crippen LogP contribution in [0.25, 0.3) is 11.4 Å². The van der Waals surface area contributed by atoms with E-state index in [1.807, 2.05) is 6.92 Å². The quantitative estimate of drug-likeness (QED) is 0.901. The summed E-state index contributed by atoms with van der Waals surface area (Å²) >= 11 is 0. The summed E-state index contributed by atoms with van der Waals surface area (Å²) in [6.07, 6.45) is -0.811. The number of nitrogens with one attached hydrogen (secondary N) is 1. The third-order valence-electron chi connectivity index (χ3n) is 2.43. The second-order valence-electron chi connectivity index (χ2n) is 3.72. The molecule has 1 N–H and O–H groups in total. The van der Waals surface area contributed by atoms with Gasteiger partial charge in [-0.2, -0.15) is 0 Å². The van der Waals surface area contributed by atoms with Gasteiger partial charge in [-0.3, -0.25) is 0 Å². The molecule has 0 bridgehead atoms. The molecule has 0 radical (unpaired) electrons. The van der Waals surface area contributed by atoms with Crippen LogP contribution in [0.3, 0.4) is 0 Å². The zero-order valence-corrected chi connectivity index (χ0v) is 9.90. The molecule has 0 atom stereocenters. The van der Waals surface area contributed by atoms with E-state index in [0.29, 0.717) is 5.82 Å². The maximum absolute atomic E-state index is 12.4. The molecule has 1 aromatic heterocycles. The van der Waals surface area contributed by atoms with Crippen LogP contribution >= 0.6 is 0 Å². The summed E-state index contributed by atoms with van der Waals surface area (Å²) in [7, 11) is 0. The van der Waals surface area contributed by atoms with Crippen molar-refractivity contribution in [2.24, 2.45) is 0 Å². The fourth-order valence-corrected chi connectivity index (χ4v) is 1.56. The second kappa shape index (κ2) is 5.53. The SMILES string of the molecule is CCNc1ccnc(-c2ccc(C(F)F)cc2)n1. The Morgan fingerprint density at radius 2 is 1.89 bits per heavy atom. The molecule has 0 aliphatic rings. The molecule has 0 saturated carbocycles. The average Bonchev–Trinajstić information content (AvgIpc) is 2.39. The van der Waals surface area contributed by atoms with Crippen molar-refractivity contribution in [1.82, 2.24) is 9.97 Å². The first-order valence-corrected chi connectivity index (χ1v) is 5.66. The van der Waals surface area contributed by atoms with E-state index >= 15 is 0 Å². The molecule has 2 rings (SSSR count). The molecule has 1 heterocycles. The number of nitrogens with zero attached hydrogens (tertiary/aromatic N) is 2.